The van der Waals surface area contributed by atoms with Crippen molar-refractivity contribution in [3.63, 3.8) is 0 Å². The molecule has 0 bridgehead atoms. The Labute approximate surface area is 82.7 Å². The zero-order valence-electron chi connectivity index (χ0n) is 7.56. The van der Waals surface area contributed by atoms with Gasteiger partial charge in [0.25, 0.3) is 0 Å². The molecule has 1 saturated carbocycles. The molecule has 1 aliphatic carbocycles. The van der Waals surface area contributed by atoms with Crippen LogP contribution in [-0.4, -0.2) is 0 Å². The second kappa shape index (κ2) is 3.30. The van der Waals surface area contributed by atoms with Gasteiger partial charge in [0.2, 0.25) is 0 Å². The molecule has 1 aliphatic rings. The fourth-order valence-electron chi connectivity index (χ4n) is 1.85. The monoisotopic (exact) mass is 198 g/mol. The average Bonchev–Trinajstić information content (AvgIpc) is 2.88. The molecule has 0 saturated heterocycles. The molecule has 0 heterocycles. The van der Waals surface area contributed by atoms with Crippen LogP contribution in [0.1, 0.15) is 31.2 Å². The standard InChI is InChI=1S/C11H12ClF/c1-2-7-5-9(7)8-3-4-10(12)11(13)6-8/h3-4,6-7,9H,2,5H2,1H3/t7-,9-/m0/s1. The van der Waals surface area contributed by atoms with E-state index in [1.165, 1.54) is 12.8 Å². The number of rotatable bonds is 2. The van der Waals surface area contributed by atoms with Crippen LogP contribution < -0.4 is 0 Å². The van der Waals surface area contributed by atoms with Crippen LogP contribution in [0, 0.1) is 11.7 Å². The first-order chi connectivity index (χ1) is 6.22. The van der Waals surface area contributed by atoms with Crippen LogP contribution in [0.25, 0.3) is 0 Å². The third-order valence-corrected chi connectivity index (χ3v) is 3.13. The predicted octanol–water partition coefficient (Wildman–Crippen LogP) is 3.99. The third kappa shape index (κ3) is 1.71. The van der Waals surface area contributed by atoms with Gasteiger partial charge in [0.15, 0.2) is 0 Å². The SMILES string of the molecule is CC[C@H]1C[C@@H]1c1ccc(Cl)c(F)c1. The largest absolute Gasteiger partial charge is 0.205 e. The molecule has 0 N–H and O–H groups in total. The van der Waals surface area contributed by atoms with Crippen molar-refractivity contribution in [2.75, 3.05) is 0 Å². The molecule has 2 rings (SSSR count). The van der Waals surface area contributed by atoms with Crippen LogP contribution >= 0.6 is 11.6 Å². The smallest absolute Gasteiger partial charge is 0.142 e. The van der Waals surface area contributed by atoms with Crippen LogP contribution in [0.3, 0.4) is 0 Å². The summed E-state index contributed by atoms with van der Waals surface area (Å²) in [5.41, 5.74) is 1.11. The van der Waals surface area contributed by atoms with Crippen molar-refractivity contribution in [1.82, 2.24) is 0 Å². The van der Waals surface area contributed by atoms with E-state index in [-0.39, 0.29) is 10.8 Å². The summed E-state index contributed by atoms with van der Waals surface area (Å²) < 4.78 is 13.1. The van der Waals surface area contributed by atoms with Gasteiger partial charge in [-0.05, 0) is 36.0 Å². The van der Waals surface area contributed by atoms with E-state index in [0.717, 1.165) is 11.5 Å². The highest BCUT2D eigenvalue weighted by atomic mass is 35.5. The molecule has 2 atom stereocenters. The van der Waals surface area contributed by atoms with Gasteiger partial charge in [0.05, 0.1) is 5.02 Å². The summed E-state index contributed by atoms with van der Waals surface area (Å²) in [5, 5.41) is 0.220. The fourth-order valence-corrected chi connectivity index (χ4v) is 1.97. The Kier molecular flexibility index (Phi) is 2.29. The van der Waals surface area contributed by atoms with Gasteiger partial charge < -0.3 is 0 Å². The van der Waals surface area contributed by atoms with E-state index in [0.29, 0.717) is 5.92 Å². The Morgan fingerprint density at radius 3 is 2.85 bits per heavy atom. The number of benzene rings is 1. The van der Waals surface area contributed by atoms with Gasteiger partial charge in [0.1, 0.15) is 5.82 Å². The van der Waals surface area contributed by atoms with E-state index >= 15 is 0 Å². The summed E-state index contributed by atoms with van der Waals surface area (Å²) in [7, 11) is 0. The Balaban J connectivity index is 2.19. The maximum Gasteiger partial charge on any atom is 0.142 e. The molecule has 1 aromatic rings. The third-order valence-electron chi connectivity index (χ3n) is 2.82. The molecule has 0 nitrogen and oxygen atoms in total. The quantitative estimate of drug-likeness (QED) is 0.674. The van der Waals surface area contributed by atoms with Crippen molar-refractivity contribution in [1.29, 1.82) is 0 Å². The van der Waals surface area contributed by atoms with Gasteiger partial charge in [-0.25, -0.2) is 4.39 Å². The highest BCUT2D eigenvalue weighted by Crippen LogP contribution is 2.49. The summed E-state index contributed by atoms with van der Waals surface area (Å²) in [6.07, 6.45) is 2.40. The van der Waals surface area contributed by atoms with Gasteiger partial charge in [-0.1, -0.05) is 31.0 Å². The molecule has 0 spiro atoms. The molecule has 1 aromatic carbocycles. The van der Waals surface area contributed by atoms with Crippen molar-refractivity contribution in [3.8, 4) is 0 Å². The number of hydrogen-bond acceptors (Lipinski definition) is 0. The van der Waals surface area contributed by atoms with Gasteiger partial charge in [-0.3, -0.25) is 0 Å². The van der Waals surface area contributed by atoms with Gasteiger partial charge in [0, 0.05) is 0 Å². The molecule has 0 unspecified atom stereocenters. The summed E-state index contributed by atoms with van der Waals surface area (Å²) in [6.45, 7) is 2.18. The van der Waals surface area contributed by atoms with Crippen molar-refractivity contribution >= 4 is 11.6 Å². The van der Waals surface area contributed by atoms with E-state index in [1.54, 1.807) is 12.1 Å². The summed E-state index contributed by atoms with van der Waals surface area (Å²) in [5.74, 6) is 1.05. The maximum atomic E-state index is 13.1. The first-order valence-electron chi connectivity index (χ1n) is 4.67. The molecule has 13 heavy (non-hydrogen) atoms. The minimum atomic E-state index is -0.291. The lowest BCUT2D eigenvalue weighted by atomic mass is 10.1. The van der Waals surface area contributed by atoms with Gasteiger partial charge in [-0.2, -0.15) is 0 Å². The average molecular weight is 199 g/mol. The second-order valence-corrected chi connectivity index (χ2v) is 4.09. The molecule has 1 fully saturated rings. The summed E-state index contributed by atoms with van der Waals surface area (Å²) in [4.78, 5) is 0. The van der Waals surface area contributed by atoms with Crippen molar-refractivity contribution in [2.24, 2.45) is 5.92 Å². The van der Waals surface area contributed by atoms with Gasteiger partial charge in [-0.15, -0.1) is 0 Å². The van der Waals surface area contributed by atoms with Crippen LogP contribution in [0.2, 0.25) is 5.02 Å². The van der Waals surface area contributed by atoms with E-state index in [2.05, 4.69) is 6.92 Å². The minimum Gasteiger partial charge on any atom is -0.205 e. The maximum absolute atomic E-state index is 13.1. The molecular formula is C11H12ClF. The lowest BCUT2D eigenvalue weighted by Crippen LogP contribution is -1.85. The zero-order valence-corrected chi connectivity index (χ0v) is 8.31. The first kappa shape index (κ1) is 9.01. The predicted molar refractivity (Wildman–Crippen MR) is 52.5 cm³/mol. The van der Waals surface area contributed by atoms with Crippen LogP contribution in [0.4, 0.5) is 4.39 Å². The van der Waals surface area contributed by atoms with Crippen LogP contribution in [-0.2, 0) is 0 Å². The number of hydrogen-bond donors (Lipinski definition) is 0. The van der Waals surface area contributed by atoms with E-state index < -0.39 is 0 Å². The van der Waals surface area contributed by atoms with E-state index in [1.807, 2.05) is 6.07 Å². The normalized spacial score (nSPS) is 26.1. The van der Waals surface area contributed by atoms with Gasteiger partial charge >= 0.3 is 0 Å². The highest BCUT2D eigenvalue weighted by Gasteiger charge is 2.36. The Morgan fingerprint density at radius 1 is 1.54 bits per heavy atom. The molecule has 0 aromatic heterocycles. The molecule has 70 valence electrons. The molecule has 0 aliphatic heterocycles. The minimum absolute atomic E-state index is 0.220. The lowest BCUT2D eigenvalue weighted by molar-refractivity contribution is 0.625. The molecule has 0 amide bonds. The molecular weight excluding hydrogens is 187 g/mol. The summed E-state index contributed by atoms with van der Waals surface area (Å²) >= 11 is 5.60. The Bertz CT molecular complexity index is 322. The van der Waals surface area contributed by atoms with Crippen LogP contribution in [0.15, 0.2) is 18.2 Å². The van der Waals surface area contributed by atoms with E-state index in [4.69, 9.17) is 11.6 Å². The number of halogens is 2. The van der Waals surface area contributed by atoms with Crippen molar-refractivity contribution < 1.29 is 4.39 Å². The first-order valence-corrected chi connectivity index (χ1v) is 5.05. The van der Waals surface area contributed by atoms with Crippen molar-refractivity contribution in [2.45, 2.75) is 25.7 Å². The fraction of sp³-hybridized carbons (Fsp3) is 0.455. The second-order valence-electron chi connectivity index (χ2n) is 3.68. The lowest BCUT2D eigenvalue weighted by Gasteiger charge is -2.00. The van der Waals surface area contributed by atoms with Crippen molar-refractivity contribution in [3.05, 3.63) is 34.6 Å². The topological polar surface area (TPSA) is 0 Å². The molecule has 0 radical (unpaired) electrons. The summed E-state index contributed by atoms with van der Waals surface area (Å²) in [6, 6.07) is 5.16. The Morgan fingerprint density at radius 2 is 2.31 bits per heavy atom. The highest BCUT2D eigenvalue weighted by molar-refractivity contribution is 6.30. The van der Waals surface area contributed by atoms with E-state index in [9.17, 15) is 4.39 Å². The molecule has 2 heteroatoms. The zero-order chi connectivity index (χ0) is 9.42. The Hall–Kier alpha value is -0.560. The van der Waals surface area contributed by atoms with Crippen LogP contribution in [0.5, 0.6) is 0 Å².